The fourth-order valence-electron chi connectivity index (χ4n) is 1.33. The molecule has 0 saturated carbocycles. The molecule has 0 bridgehead atoms. The van der Waals surface area contributed by atoms with E-state index in [2.05, 4.69) is 4.90 Å². The molecule has 1 atom stereocenters. The minimum absolute atomic E-state index is 0.244. The molecule has 0 aliphatic carbocycles. The molecule has 0 aromatic carbocycles. The topological polar surface area (TPSA) is 40.5 Å². The third kappa shape index (κ3) is 3.75. The highest BCUT2D eigenvalue weighted by Gasteiger charge is 2.19. The van der Waals surface area contributed by atoms with E-state index in [1.807, 2.05) is 13.8 Å². The number of rotatable bonds is 3. The highest BCUT2D eigenvalue weighted by atomic mass is 32.2. The van der Waals surface area contributed by atoms with Crippen LogP contribution >= 0.6 is 0 Å². The Labute approximate surface area is 82.6 Å². The molecule has 1 saturated heterocycles. The van der Waals surface area contributed by atoms with Crippen LogP contribution in [0, 0.1) is 5.92 Å². The van der Waals surface area contributed by atoms with Gasteiger partial charge in [0, 0.05) is 41.9 Å². The maximum absolute atomic E-state index is 11.1. The first kappa shape index (κ1) is 11.1. The van der Waals surface area contributed by atoms with Gasteiger partial charge in [-0.25, -0.2) is 0 Å². The van der Waals surface area contributed by atoms with Crippen molar-refractivity contribution in [1.29, 1.82) is 0 Å². The number of β-amino-alcohol motifs (C(OH)–C–C–N with tert-alkyl or cyclic N) is 1. The van der Waals surface area contributed by atoms with Crippen molar-refractivity contribution in [2.24, 2.45) is 5.92 Å². The van der Waals surface area contributed by atoms with Gasteiger partial charge in [-0.15, -0.1) is 0 Å². The van der Waals surface area contributed by atoms with Gasteiger partial charge in [-0.1, -0.05) is 13.8 Å². The predicted octanol–water partition coefficient (Wildman–Crippen LogP) is 0.0676. The second kappa shape index (κ2) is 5.08. The molecule has 0 aromatic rings. The summed E-state index contributed by atoms with van der Waals surface area (Å²) in [4.78, 5) is 2.20. The molecule has 1 aliphatic rings. The van der Waals surface area contributed by atoms with Crippen molar-refractivity contribution in [1.82, 2.24) is 4.90 Å². The van der Waals surface area contributed by atoms with E-state index in [0.29, 0.717) is 5.92 Å². The lowest BCUT2D eigenvalue weighted by atomic mass is 10.1. The van der Waals surface area contributed by atoms with Gasteiger partial charge in [0.15, 0.2) is 0 Å². The van der Waals surface area contributed by atoms with Gasteiger partial charge < -0.3 is 5.11 Å². The smallest absolute Gasteiger partial charge is 0.0689 e. The minimum Gasteiger partial charge on any atom is -0.392 e. The zero-order valence-electron chi connectivity index (χ0n) is 8.40. The number of aliphatic hydroxyl groups excluding tert-OH is 1. The summed E-state index contributed by atoms with van der Waals surface area (Å²) >= 11 is 0. The van der Waals surface area contributed by atoms with Gasteiger partial charge >= 0.3 is 0 Å². The molecule has 1 fully saturated rings. The summed E-state index contributed by atoms with van der Waals surface area (Å²) in [5.41, 5.74) is 0. The lowest BCUT2D eigenvalue weighted by Gasteiger charge is -2.29. The number of aliphatic hydroxyl groups is 1. The molecule has 1 N–H and O–H groups in total. The quantitative estimate of drug-likeness (QED) is 0.709. The first-order valence-electron chi connectivity index (χ1n) is 4.85. The van der Waals surface area contributed by atoms with Crippen molar-refractivity contribution in [3.8, 4) is 0 Å². The zero-order valence-corrected chi connectivity index (χ0v) is 9.22. The van der Waals surface area contributed by atoms with E-state index in [-0.39, 0.29) is 6.10 Å². The van der Waals surface area contributed by atoms with Gasteiger partial charge in [-0.05, 0) is 5.92 Å². The number of nitrogens with zero attached hydrogens (tertiary/aromatic N) is 1. The lowest BCUT2D eigenvalue weighted by Crippen LogP contribution is -2.43. The summed E-state index contributed by atoms with van der Waals surface area (Å²) < 4.78 is 11.1. The average Bonchev–Trinajstić information content (AvgIpc) is 2.08. The fourth-order valence-corrected chi connectivity index (χ4v) is 2.46. The zero-order chi connectivity index (χ0) is 9.84. The Balaban J connectivity index is 2.26. The van der Waals surface area contributed by atoms with E-state index >= 15 is 0 Å². The highest BCUT2D eigenvalue weighted by Crippen LogP contribution is 2.06. The second-order valence-corrected chi connectivity index (χ2v) is 5.66. The van der Waals surface area contributed by atoms with E-state index in [0.717, 1.165) is 31.1 Å². The molecule has 1 aliphatic heterocycles. The van der Waals surface area contributed by atoms with Crippen LogP contribution in [0.25, 0.3) is 0 Å². The summed E-state index contributed by atoms with van der Waals surface area (Å²) in [7, 11) is -0.610. The molecule has 78 valence electrons. The average molecular weight is 205 g/mol. The third-order valence-corrected chi connectivity index (χ3v) is 3.76. The van der Waals surface area contributed by atoms with Crippen molar-refractivity contribution in [2.45, 2.75) is 20.0 Å². The van der Waals surface area contributed by atoms with Gasteiger partial charge in [-0.3, -0.25) is 9.11 Å². The molecule has 4 heteroatoms. The number of hydrogen-bond acceptors (Lipinski definition) is 3. The van der Waals surface area contributed by atoms with Gasteiger partial charge in [0.2, 0.25) is 0 Å². The predicted molar refractivity (Wildman–Crippen MR) is 55.2 cm³/mol. The summed E-state index contributed by atoms with van der Waals surface area (Å²) in [5.74, 6) is 1.85. The Bertz CT molecular complexity index is 174. The Kier molecular flexibility index (Phi) is 4.35. The van der Waals surface area contributed by atoms with Crippen LogP contribution in [0.4, 0.5) is 0 Å². The van der Waals surface area contributed by atoms with Crippen LogP contribution in [-0.4, -0.2) is 51.5 Å². The second-order valence-electron chi connectivity index (χ2n) is 3.96. The summed E-state index contributed by atoms with van der Waals surface area (Å²) in [6.07, 6.45) is -0.244. The van der Waals surface area contributed by atoms with Gasteiger partial charge in [-0.2, -0.15) is 0 Å². The van der Waals surface area contributed by atoms with Crippen LogP contribution in [0.3, 0.4) is 0 Å². The highest BCUT2D eigenvalue weighted by molar-refractivity contribution is 7.85. The van der Waals surface area contributed by atoms with E-state index < -0.39 is 10.8 Å². The van der Waals surface area contributed by atoms with E-state index in [4.69, 9.17) is 0 Å². The minimum atomic E-state index is -0.610. The molecule has 0 amide bonds. The molecule has 0 radical (unpaired) electrons. The molecule has 1 unspecified atom stereocenters. The maximum atomic E-state index is 11.1. The summed E-state index contributed by atoms with van der Waals surface area (Å²) in [6.45, 7) is 6.52. The van der Waals surface area contributed by atoms with Crippen LogP contribution in [0.2, 0.25) is 0 Å². The number of hydrogen-bond donors (Lipinski definition) is 1. The first-order valence-corrected chi connectivity index (χ1v) is 6.34. The largest absolute Gasteiger partial charge is 0.392 e. The molecule has 1 heterocycles. The SMILES string of the molecule is CC(C)C(O)CN1CCS(=O)CC1. The first-order chi connectivity index (χ1) is 6.09. The van der Waals surface area contributed by atoms with Gasteiger partial charge in [0.25, 0.3) is 0 Å². The Morgan fingerprint density at radius 1 is 1.38 bits per heavy atom. The lowest BCUT2D eigenvalue weighted by molar-refractivity contribution is 0.0800. The summed E-state index contributed by atoms with van der Waals surface area (Å²) in [5, 5.41) is 9.63. The Morgan fingerprint density at radius 3 is 2.38 bits per heavy atom. The monoisotopic (exact) mass is 205 g/mol. The van der Waals surface area contributed by atoms with Crippen molar-refractivity contribution < 1.29 is 9.32 Å². The van der Waals surface area contributed by atoms with Crippen molar-refractivity contribution in [2.75, 3.05) is 31.1 Å². The van der Waals surface area contributed by atoms with E-state index in [9.17, 15) is 9.32 Å². The van der Waals surface area contributed by atoms with Crippen LogP contribution in [0.1, 0.15) is 13.8 Å². The van der Waals surface area contributed by atoms with E-state index in [1.165, 1.54) is 0 Å². The van der Waals surface area contributed by atoms with Gasteiger partial charge in [0.05, 0.1) is 6.10 Å². The molecular weight excluding hydrogens is 186 g/mol. The fraction of sp³-hybridized carbons (Fsp3) is 1.00. The van der Waals surface area contributed by atoms with Crippen LogP contribution < -0.4 is 0 Å². The molecule has 0 spiro atoms. The normalized spacial score (nSPS) is 23.7. The molecular formula is C9H19NO2S. The van der Waals surface area contributed by atoms with Crippen molar-refractivity contribution in [3.63, 3.8) is 0 Å². The maximum Gasteiger partial charge on any atom is 0.0689 e. The Morgan fingerprint density at radius 2 is 1.92 bits per heavy atom. The van der Waals surface area contributed by atoms with E-state index in [1.54, 1.807) is 0 Å². The van der Waals surface area contributed by atoms with Crippen molar-refractivity contribution >= 4 is 10.8 Å². The Hall–Kier alpha value is 0.0700. The van der Waals surface area contributed by atoms with Crippen LogP contribution in [0.5, 0.6) is 0 Å². The van der Waals surface area contributed by atoms with Gasteiger partial charge in [0.1, 0.15) is 0 Å². The molecule has 3 nitrogen and oxygen atoms in total. The summed E-state index contributed by atoms with van der Waals surface area (Å²) in [6, 6.07) is 0. The third-order valence-electron chi connectivity index (χ3n) is 2.49. The van der Waals surface area contributed by atoms with Crippen LogP contribution in [0.15, 0.2) is 0 Å². The van der Waals surface area contributed by atoms with Crippen LogP contribution in [-0.2, 0) is 10.8 Å². The molecule has 1 rings (SSSR count). The molecule has 13 heavy (non-hydrogen) atoms. The molecule has 0 aromatic heterocycles. The van der Waals surface area contributed by atoms with Crippen molar-refractivity contribution in [3.05, 3.63) is 0 Å². The standard InChI is InChI=1S/C9H19NO2S/c1-8(2)9(11)7-10-3-5-13(12)6-4-10/h8-9,11H,3-7H2,1-2H3.